The highest BCUT2D eigenvalue weighted by atomic mass is 127. The van der Waals surface area contributed by atoms with Gasteiger partial charge in [-0.15, -0.1) is 24.0 Å². The van der Waals surface area contributed by atoms with Crippen LogP contribution in [0.3, 0.4) is 0 Å². The van der Waals surface area contributed by atoms with E-state index in [1.165, 1.54) is 12.0 Å². The smallest absolute Gasteiger partial charge is 0.193 e. The lowest BCUT2D eigenvalue weighted by molar-refractivity contribution is 0.0377. The maximum Gasteiger partial charge on any atom is 0.193 e. The Hall–Kier alpha value is -0.860. The zero-order chi connectivity index (χ0) is 17.3. The molecule has 2 fully saturated rings. The second-order valence-electron chi connectivity index (χ2n) is 6.89. The SMILES string of the molecule is CCNC(=NCCCN1CCOCC1)N1CCC(c2ccccc2)C1.I. The van der Waals surface area contributed by atoms with Crippen molar-refractivity contribution in [3.63, 3.8) is 0 Å². The minimum absolute atomic E-state index is 0. The number of guanidine groups is 1. The van der Waals surface area contributed by atoms with Crippen molar-refractivity contribution in [2.24, 2.45) is 4.99 Å². The summed E-state index contributed by atoms with van der Waals surface area (Å²) in [4.78, 5) is 9.79. The molecule has 0 saturated carbocycles. The number of rotatable bonds is 6. The van der Waals surface area contributed by atoms with Crippen molar-refractivity contribution in [3.8, 4) is 0 Å². The highest BCUT2D eigenvalue weighted by Gasteiger charge is 2.25. The predicted octanol–water partition coefficient (Wildman–Crippen LogP) is 2.78. The fourth-order valence-corrected chi connectivity index (χ4v) is 3.68. The Kier molecular flexibility index (Phi) is 9.71. The number of hydrogen-bond donors (Lipinski definition) is 1. The molecule has 0 aromatic heterocycles. The van der Waals surface area contributed by atoms with E-state index in [1.807, 2.05) is 0 Å². The van der Waals surface area contributed by atoms with E-state index >= 15 is 0 Å². The molecule has 0 bridgehead atoms. The fourth-order valence-electron chi connectivity index (χ4n) is 3.68. The summed E-state index contributed by atoms with van der Waals surface area (Å²) < 4.78 is 5.40. The van der Waals surface area contributed by atoms with Crippen LogP contribution in [0.4, 0.5) is 0 Å². The third-order valence-corrected chi connectivity index (χ3v) is 5.09. The second-order valence-corrected chi connectivity index (χ2v) is 6.89. The first-order valence-corrected chi connectivity index (χ1v) is 9.75. The Labute approximate surface area is 175 Å². The van der Waals surface area contributed by atoms with Gasteiger partial charge in [-0.05, 0) is 25.3 Å². The van der Waals surface area contributed by atoms with Crippen molar-refractivity contribution in [3.05, 3.63) is 35.9 Å². The Morgan fingerprint density at radius 2 is 1.96 bits per heavy atom. The number of benzene rings is 1. The third-order valence-electron chi connectivity index (χ3n) is 5.09. The largest absolute Gasteiger partial charge is 0.379 e. The first-order valence-electron chi connectivity index (χ1n) is 9.75. The lowest BCUT2D eigenvalue weighted by Gasteiger charge is -2.26. The molecule has 2 aliphatic heterocycles. The minimum Gasteiger partial charge on any atom is -0.379 e. The van der Waals surface area contributed by atoms with Crippen LogP contribution in [0.2, 0.25) is 0 Å². The molecule has 0 spiro atoms. The maximum atomic E-state index is 5.40. The van der Waals surface area contributed by atoms with Crippen LogP contribution in [0.5, 0.6) is 0 Å². The van der Waals surface area contributed by atoms with Gasteiger partial charge in [-0.25, -0.2) is 0 Å². The zero-order valence-corrected chi connectivity index (χ0v) is 18.2. The summed E-state index contributed by atoms with van der Waals surface area (Å²) in [5.74, 6) is 1.71. The van der Waals surface area contributed by atoms with Crippen LogP contribution in [0, 0.1) is 0 Å². The zero-order valence-electron chi connectivity index (χ0n) is 15.9. The molecule has 1 unspecified atom stereocenters. The number of hydrogen-bond acceptors (Lipinski definition) is 3. The molecule has 0 aliphatic carbocycles. The van der Waals surface area contributed by atoms with E-state index in [1.54, 1.807) is 0 Å². The molecule has 1 atom stereocenters. The molecule has 146 valence electrons. The van der Waals surface area contributed by atoms with Gasteiger partial charge >= 0.3 is 0 Å². The first kappa shape index (κ1) is 21.4. The predicted molar refractivity (Wildman–Crippen MR) is 119 cm³/mol. The van der Waals surface area contributed by atoms with Crippen molar-refractivity contribution in [1.82, 2.24) is 15.1 Å². The molecule has 1 aromatic rings. The quantitative estimate of drug-likeness (QED) is 0.299. The van der Waals surface area contributed by atoms with Gasteiger partial charge in [-0.3, -0.25) is 9.89 Å². The molecule has 26 heavy (non-hydrogen) atoms. The van der Waals surface area contributed by atoms with Crippen molar-refractivity contribution < 1.29 is 4.74 Å². The molecule has 2 saturated heterocycles. The Bertz CT molecular complexity index is 534. The molecule has 3 rings (SSSR count). The van der Waals surface area contributed by atoms with Gasteiger partial charge in [0.05, 0.1) is 13.2 Å². The number of ether oxygens (including phenoxy) is 1. The summed E-state index contributed by atoms with van der Waals surface area (Å²) in [6.07, 6.45) is 2.33. The molecule has 1 N–H and O–H groups in total. The minimum atomic E-state index is 0. The van der Waals surface area contributed by atoms with Gasteiger partial charge in [-0.1, -0.05) is 30.3 Å². The average molecular weight is 472 g/mol. The Balaban J connectivity index is 0.00000243. The fraction of sp³-hybridized carbons (Fsp3) is 0.650. The Morgan fingerprint density at radius 1 is 1.19 bits per heavy atom. The van der Waals surface area contributed by atoms with E-state index in [0.29, 0.717) is 5.92 Å². The number of aliphatic imine (C=N–C) groups is 1. The molecule has 5 nitrogen and oxygen atoms in total. The second kappa shape index (κ2) is 11.8. The highest BCUT2D eigenvalue weighted by Crippen LogP contribution is 2.26. The van der Waals surface area contributed by atoms with Gasteiger partial charge in [0.15, 0.2) is 5.96 Å². The Morgan fingerprint density at radius 3 is 2.69 bits per heavy atom. The highest BCUT2D eigenvalue weighted by molar-refractivity contribution is 14.0. The van der Waals surface area contributed by atoms with Crippen molar-refractivity contribution in [2.45, 2.75) is 25.7 Å². The molecular formula is C20H33IN4O. The van der Waals surface area contributed by atoms with Gasteiger partial charge in [0, 0.05) is 51.7 Å². The van der Waals surface area contributed by atoms with Gasteiger partial charge in [0.2, 0.25) is 0 Å². The van der Waals surface area contributed by atoms with Crippen LogP contribution in [-0.2, 0) is 4.74 Å². The van der Waals surface area contributed by atoms with Gasteiger partial charge < -0.3 is 15.0 Å². The van der Waals surface area contributed by atoms with Gasteiger partial charge in [0.1, 0.15) is 0 Å². The van der Waals surface area contributed by atoms with Crippen molar-refractivity contribution >= 4 is 29.9 Å². The monoisotopic (exact) mass is 472 g/mol. The molecule has 0 radical (unpaired) electrons. The average Bonchev–Trinajstić information content (AvgIpc) is 3.16. The number of nitrogens with zero attached hydrogens (tertiary/aromatic N) is 3. The lowest BCUT2D eigenvalue weighted by Crippen LogP contribution is -2.40. The van der Waals surface area contributed by atoms with Crippen LogP contribution >= 0.6 is 24.0 Å². The summed E-state index contributed by atoms with van der Waals surface area (Å²) >= 11 is 0. The summed E-state index contributed by atoms with van der Waals surface area (Å²) in [5, 5.41) is 3.48. The maximum absolute atomic E-state index is 5.40. The molecule has 1 aromatic carbocycles. The van der Waals surface area contributed by atoms with Crippen LogP contribution < -0.4 is 5.32 Å². The summed E-state index contributed by atoms with van der Waals surface area (Å²) in [5.41, 5.74) is 1.45. The molecular weight excluding hydrogens is 439 g/mol. The number of likely N-dealkylation sites (tertiary alicyclic amines) is 1. The van der Waals surface area contributed by atoms with Crippen LogP contribution in [0.25, 0.3) is 0 Å². The van der Waals surface area contributed by atoms with E-state index < -0.39 is 0 Å². The normalized spacial score (nSPS) is 21.5. The third kappa shape index (κ3) is 6.39. The standard InChI is InChI=1S/C20H32N4O.HI/c1-2-21-20(22-10-6-11-23-13-15-25-16-14-23)24-12-9-19(17-24)18-7-4-3-5-8-18;/h3-5,7-8,19H,2,6,9-17H2,1H3,(H,21,22);1H. The first-order chi connectivity index (χ1) is 12.4. The molecule has 2 heterocycles. The van der Waals surface area contributed by atoms with E-state index in [2.05, 4.69) is 52.4 Å². The van der Waals surface area contributed by atoms with E-state index in [4.69, 9.17) is 9.73 Å². The topological polar surface area (TPSA) is 40.1 Å². The van der Waals surface area contributed by atoms with E-state index in [-0.39, 0.29) is 24.0 Å². The number of morpholine rings is 1. The molecule has 0 amide bonds. The van der Waals surface area contributed by atoms with Crippen LogP contribution in [0.15, 0.2) is 35.3 Å². The summed E-state index contributed by atoms with van der Waals surface area (Å²) in [6, 6.07) is 10.9. The molecule has 6 heteroatoms. The van der Waals surface area contributed by atoms with Crippen molar-refractivity contribution in [2.75, 3.05) is 59.0 Å². The summed E-state index contributed by atoms with van der Waals surface area (Å²) in [7, 11) is 0. The van der Waals surface area contributed by atoms with Crippen LogP contribution in [0.1, 0.15) is 31.2 Å². The van der Waals surface area contributed by atoms with Gasteiger partial charge in [0.25, 0.3) is 0 Å². The number of nitrogens with one attached hydrogen (secondary N) is 1. The van der Waals surface area contributed by atoms with Crippen molar-refractivity contribution in [1.29, 1.82) is 0 Å². The van der Waals surface area contributed by atoms with Crippen LogP contribution in [-0.4, -0.2) is 74.8 Å². The van der Waals surface area contributed by atoms with E-state index in [9.17, 15) is 0 Å². The lowest BCUT2D eigenvalue weighted by atomic mass is 9.99. The van der Waals surface area contributed by atoms with Gasteiger partial charge in [-0.2, -0.15) is 0 Å². The molecule has 2 aliphatic rings. The summed E-state index contributed by atoms with van der Waals surface area (Å²) in [6.45, 7) is 11.1. The number of halogens is 1. The van der Waals surface area contributed by atoms with E-state index in [0.717, 1.165) is 71.4 Å².